The van der Waals surface area contributed by atoms with Gasteiger partial charge in [0.1, 0.15) is 0 Å². The van der Waals surface area contributed by atoms with Crippen molar-refractivity contribution in [3.8, 4) is 11.1 Å². The van der Waals surface area contributed by atoms with E-state index in [1.807, 2.05) is 24.0 Å². The van der Waals surface area contributed by atoms with Gasteiger partial charge in [-0.1, -0.05) is 54.1 Å². The molecule has 1 heterocycles. The molecule has 0 aromatic heterocycles. The van der Waals surface area contributed by atoms with E-state index in [0.29, 0.717) is 32.6 Å². The SMILES string of the molecule is CCN1CCN(CC(=O)NC)CC(Cc2ccccc2-c2ccc(C)cc2)C1=O. The second-order valence-electron chi connectivity index (χ2n) is 7.75. The lowest BCUT2D eigenvalue weighted by Crippen LogP contribution is -2.39. The summed E-state index contributed by atoms with van der Waals surface area (Å²) in [5.74, 6) is 0.0144. The third kappa shape index (κ3) is 5.24. The van der Waals surface area contributed by atoms with E-state index in [0.717, 1.165) is 6.54 Å². The fourth-order valence-electron chi connectivity index (χ4n) is 3.98. The van der Waals surface area contributed by atoms with Crippen molar-refractivity contribution in [3.05, 3.63) is 59.7 Å². The Balaban J connectivity index is 1.87. The maximum atomic E-state index is 13.2. The van der Waals surface area contributed by atoms with Gasteiger partial charge in [0.15, 0.2) is 0 Å². The van der Waals surface area contributed by atoms with E-state index in [-0.39, 0.29) is 17.7 Å². The Bertz CT molecular complexity index is 847. The Morgan fingerprint density at radius 3 is 2.52 bits per heavy atom. The topological polar surface area (TPSA) is 52.6 Å². The molecule has 5 nitrogen and oxygen atoms in total. The summed E-state index contributed by atoms with van der Waals surface area (Å²) in [4.78, 5) is 29.1. The fourth-order valence-corrected chi connectivity index (χ4v) is 3.98. The standard InChI is InChI=1S/C24H31N3O2/c1-4-27-14-13-26(17-23(28)25-3)16-21(24(27)29)15-20-7-5-6-8-22(20)19-11-9-18(2)10-12-19/h5-12,21H,4,13-17H2,1-3H3,(H,25,28). The highest BCUT2D eigenvalue weighted by atomic mass is 16.2. The number of hydrogen-bond acceptors (Lipinski definition) is 3. The molecule has 0 spiro atoms. The first-order valence-corrected chi connectivity index (χ1v) is 10.4. The predicted octanol–water partition coefficient (Wildman–Crippen LogP) is 2.73. The zero-order valence-corrected chi connectivity index (χ0v) is 17.6. The third-order valence-corrected chi connectivity index (χ3v) is 5.70. The molecule has 0 radical (unpaired) electrons. The van der Waals surface area contributed by atoms with Gasteiger partial charge >= 0.3 is 0 Å². The molecule has 1 aliphatic rings. The van der Waals surface area contributed by atoms with Gasteiger partial charge in [0.2, 0.25) is 11.8 Å². The molecule has 1 N–H and O–H groups in total. The van der Waals surface area contributed by atoms with Crippen LogP contribution >= 0.6 is 0 Å². The summed E-state index contributed by atoms with van der Waals surface area (Å²) in [6.07, 6.45) is 0.670. The third-order valence-electron chi connectivity index (χ3n) is 5.70. The van der Waals surface area contributed by atoms with Crippen LogP contribution in [0.4, 0.5) is 0 Å². The lowest BCUT2D eigenvalue weighted by molar-refractivity contribution is -0.134. The normalized spacial score (nSPS) is 17.8. The van der Waals surface area contributed by atoms with Crippen molar-refractivity contribution in [3.63, 3.8) is 0 Å². The number of benzene rings is 2. The minimum absolute atomic E-state index is 0.0128. The van der Waals surface area contributed by atoms with Gasteiger partial charge in [-0.25, -0.2) is 0 Å². The molecule has 3 rings (SSSR count). The summed E-state index contributed by atoms with van der Waals surface area (Å²) in [5, 5.41) is 2.69. The number of rotatable bonds is 6. The van der Waals surface area contributed by atoms with Gasteiger partial charge in [-0.3, -0.25) is 14.5 Å². The quantitative estimate of drug-likeness (QED) is 0.821. The largest absolute Gasteiger partial charge is 0.358 e. The molecular formula is C24H31N3O2. The summed E-state index contributed by atoms with van der Waals surface area (Å²) in [6, 6.07) is 16.8. The van der Waals surface area contributed by atoms with Crippen molar-refractivity contribution in [1.82, 2.24) is 15.1 Å². The van der Waals surface area contributed by atoms with Crippen molar-refractivity contribution in [2.24, 2.45) is 5.92 Å². The van der Waals surface area contributed by atoms with Crippen molar-refractivity contribution in [2.75, 3.05) is 39.8 Å². The Hall–Kier alpha value is -2.66. The predicted molar refractivity (Wildman–Crippen MR) is 117 cm³/mol. The molecule has 1 saturated heterocycles. The van der Waals surface area contributed by atoms with E-state index in [1.165, 1.54) is 22.3 Å². The van der Waals surface area contributed by atoms with E-state index in [1.54, 1.807) is 7.05 Å². The van der Waals surface area contributed by atoms with Crippen LogP contribution in [0, 0.1) is 12.8 Å². The number of nitrogens with zero attached hydrogens (tertiary/aromatic N) is 2. The van der Waals surface area contributed by atoms with E-state index >= 15 is 0 Å². The first kappa shape index (κ1) is 21.1. The summed E-state index contributed by atoms with van der Waals surface area (Å²) in [6.45, 7) is 7.13. The zero-order chi connectivity index (χ0) is 20.8. The van der Waals surface area contributed by atoms with Crippen LogP contribution in [0.15, 0.2) is 48.5 Å². The van der Waals surface area contributed by atoms with E-state index < -0.39 is 0 Å². The fraction of sp³-hybridized carbons (Fsp3) is 0.417. The molecule has 0 bridgehead atoms. The first-order valence-electron chi connectivity index (χ1n) is 10.4. The Labute approximate surface area is 173 Å². The average molecular weight is 394 g/mol. The highest BCUT2D eigenvalue weighted by Gasteiger charge is 2.30. The van der Waals surface area contributed by atoms with Gasteiger partial charge in [0.25, 0.3) is 0 Å². The van der Waals surface area contributed by atoms with Gasteiger partial charge in [0, 0.05) is 33.2 Å². The Morgan fingerprint density at radius 2 is 1.83 bits per heavy atom. The van der Waals surface area contributed by atoms with Gasteiger partial charge in [0.05, 0.1) is 12.5 Å². The molecule has 0 saturated carbocycles. The first-order chi connectivity index (χ1) is 14.0. The minimum atomic E-state index is -0.159. The highest BCUT2D eigenvalue weighted by molar-refractivity contribution is 5.81. The minimum Gasteiger partial charge on any atom is -0.358 e. The van der Waals surface area contributed by atoms with Crippen molar-refractivity contribution in [2.45, 2.75) is 20.3 Å². The maximum Gasteiger partial charge on any atom is 0.233 e. The lowest BCUT2D eigenvalue weighted by Gasteiger charge is -2.24. The molecule has 2 aromatic rings. The van der Waals surface area contributed by atoms with Crippen LogP contribution in [-0.2, 0) is 16.0 Å². The molecule has 1 aliphatic heterocycles. The molecule has 1 unspecified atom stereocenters. The number of likely N-dealkylation sites (N-methyl/N-ethyl adjacent to an activating group) is 2. The number of amides is 2. The molecule has 2 aromatic carbocycles. The van der Waals surface area contributed by atoms with Gasteiger partial charge < -0.3 is 10.2 Å². The highest BCUT2D eigenvalue weighted by Crippen LogP contribution is 2.27. The van der Waals surface area contributed by atoms with Gasteiger partial charge in [-0.2, -0.15) is 0 Å². The molecule has 1 fully saturated rings. The van der Waals surface area contributed by atoms with Crippen LogP contribution in [0.5, 0.6) is 0 Å². The van der Waals surface area contributed by atoms with E-state index in [4.69, 9.17) is 0 Å². The number of carbonyl (C=O) groups excluding carboxylic acids is 2. The summed E-state index contributed by atoms with van der Waals surface area (Å²) < 4.78 is 0. The molecule has 0 aliphatic carbocycles. The maximum absolute atomic E-state index is 13.2. The van der Waals surface area contributed by atoms with E-state index in [9.17, 15) is 9.59 Å². The summed E-state index contributed by atoms with van der Waals surface area (Å²) in [5.41, 5.74) is 4.74. The Morgan fingerprint density at radius 1 is 1.10 bits per heavy atom. The molecule has 2 amide bonds. The van der Waals surface area contributed by atoms with Crippen LogP contribution in [-0.4, -0.2) is 61.4 Å². The number of hydrogen-bond donors (Lipinski definition) is 1. The number of carbonyl (C=O) groups is 2. The lowest BCUT2D eigenvalue weighted by atomic mass is 9.91. The summed E-state index contributed by atoms with van der Waals surface area (Å²) >= 11 is 0. The molecular weight excluding hydrogens is 362 g/mol. The monoisotopic (exact) mass is 393 g/mol. The molecule has 1 atom stereocenters. The average Bonchev–Trinajstić information content (AvgIpc) is 2.88. The van der Waals surface area contributed by atoms with Crippen LogP contribution in [0.3, 0.4) is 0 Å². The Kier molecular flexibility index (Phi) is 7.04. The van der Waals surface area contributed by atoms with Crippen LogP contribution in [0.2, 0.25) is 0 Å². The van der Waals surface area contributed by atoms with Gasteiger partial charge in [-0.05, 0) is 37.0 Å². The van der Waals surface area contributed by atoms with Crippen LogP contribution in [0.1, 0.15) is 18.1 Å². The van der Waals surface area contributed by atoms with E-state index in [2.05, 4.69) is 53.5 Å². The molecule has 5 heteroatoms. The molecule has 29 heavy (non-hydrogen) atoms. The van der Waals surface area contributed by atoms with Gasteiger partial charge in [-0.15, -0.1) is 0 Å². The van der Waals surface area contributed by atoms with Crippen molar-refractivity contribution in [1.29, 1.82) is 0 Å². The van der Waals surface area contributed by atoms with Crippen molar-refractivity contribution < 1.29 is 9.59 Å². The summed E-state index contributed by atoms with van der Waals surface area (Å²) in [7, 11) is 1.65. The second kappa shape index (κ2) is 9.70. The number of aryl methyl sites for hydroxylation is 1. The van der Waals surface area contributed by atoms with Crippen LogP contribution < -0.4 is 5.32 Å². The molecule has 154 valence electrons. The smallest absolute Gasteiger partial charge is 0.233 e. The number of nitrogens with one attached hydrogen (secondary N) is 1. The zero-order valence-electron chi connectivity index (χ0n) is 17.6. The second-order valence-corrected chi connectivity index (χ2v) is 7.75. The van der Waals surface area contributed by atoms with Crippen molar-refractivity contribution >= 4 is 11.8 Å². The van der Waals surface area contributed by atoms with Crippen LogP contribution in [0.25, 0.3) is 11.1 Å².